The van der Waals surface area contributed by atoms with E-state index in [0.717, 1.165) is 18.4 Å². The molecule has 0 amide bonds. The summed E-state index contributed by atoms with van der Waals surface area (Å²) in [7, 11) is -0.0796. The fraction of sp³-hybridized carbons (Fsp3) is 0.571. The zero-order valence-electron chi connectivity index (χ0n) is 12.3. The van der Waals surface area contributed by atoms with E-state index < -0.39 is 10.0 Å². The third-order valence-electron chi connectivity index (χ3n) is 3.70. The third-order valence-corrected chi connectivity index (χ3v) is 5.93. The summed E-state index contributed by atoms with van der Waals surface area (Å²) in [5, 5.41) is 3.55. The Kier molecular flexibility index (Phi) is 5.62. The number of nitrogens with zero attached hydrogens (tertiary/aromatic N) is 1. The highest BCUT2D eigenvalue weighted by Crippen LogP contribution is 2.25. The number of ether oxygens (including phenoxy) is 1. The molecule has 118 valence electrons. The lowest BCUT2D eigenvalue weighted by Gasteiger charge is -2.31. The van der Waals surface area contributed by atoms with Crippen molar-refractivity contribution in [2.24, 2.45) is 0 Å². The molecule has 5 nitrogen and oxygen atoms in total. The zero-order chi connectivity index (χ0) is 15.5. The van der Waals surface area contributed by atoms with Crippen LogP contribution in [0, 0.1) is 0 Å². The van der Waals surface area contributed by atoms with Gasteiger partial charge in [-0.05, 0) is 43.7 Å². The largest absolute Gasteiger partial charge is 0.380 e. The first-order chi connectivity index (χ1) is 9.98. The van der Waals surface area contributed by atoms with E-state index in [2.05, 4.69) is 5.32 Å². The Morgan fingerprint density at radius 1 is 1.48 bits per heavy atom. The summed E-state index contributed by atoms with van der Waals surface area (Å²) < 4.78 is 32.2. The van der Waals surface area contributed by atoms with Crippen LogP contribution in [0.5, 0.6) is 0 Å². The van der Waals surface area contributed by atoms with E-state index >= 15 is 0 Å². The molecule has 1 aromatic carbocycles. The van der Waals surface area contributed by atoms with Gasteiger partial charge in [0.25, 0.3) is 0 Å². The van der Waals surface area contributed by atoms with Crippen molar-refractivity contribution in [1.29, 1.82) is 0 Å². The Bertz CT molecular complexity index is 592. The van der Waals surface area contributed by atoms with Gasteiger partial charge in [-0.1, -0.05) is 11.6 Å². The van der Waals surface area contributed by atoms with Crippen LogP contribution in [-0.2, 0) is 21.3 Å². The average Bonchev–Trinajstić information content (AvgIpc) is 2.49. The van der Waals surface area contributed by atoms with Gasteiger partial charge in [0.1, 0.15) is 0 Å². The molecule has 7 heteroatoms. The number of methoxy groups -OCH3 is 1. The van der Waals surface area contributed by atoms with Crippen molar-refractivity contribution in [1.82, 2.24) is 9.62 Å². The highest BCUT2D eigenvalue weighted by molar-refractivity contribution is 7.89. The maximum absolute atomic E-state index is 12.7. The number of sulfonamides is 1. The van der Waals surface area contributed by atoms with Crippen molar-refractivity contribution in [3.63, 3.8) is 0 Å². The lowest BCUT2D eigenvalue weighted by molar-refractivity contribution is 0.0572. The third kappa shape index (κ3) is 3.76. The van der Waals surface area contributed by atoms with Crippen LogP contribution in [0.3, 0.4) is 0 Å². The van der Waals surface area contributed by atoms with Crippen molar-refractivity contribution < 1.29 is 13.2 Å². The Morgan fingerprint density at radius 3 is 2.90 bits per heavy atom. The monoisotopic (exact) mass is 332 g/mol. The van der Waals surface area contributed by atoms with Gasteiger partial charge in [-0.25, -0.2) is 8.42 Å². The van der Waals surface area contributed by atoms with E-state index in [1.807, 2.05) is 0 Å². The number of nitrogens with one attached hydrogen (secondary N) is 1. The molecule has 0 saturated carbocycles. The molecule has 1 unspecified atom stereocenters. The minimum absolute atomic E-state index is 0.0300. The number of hydrogen-bond acceptors (Lipinski definition) is 4. The Hall–Kier alpha value is -0.660. The van der Waals surface area contributed by atoms with Gasteiger partial charge >= 0.3 is 0 Å². The van der Waals surface area contributed by atoms with Crippen molar-refractivity contribution in [3.8, 4) is 0 Å². The fourth-order valence-corrected chi connectivity index (χ4v) is 4.25. The van der Waals surface area contributed by atoms with E-state index in [1.165, 1.54) is 4.31 Å². The van der Waals surface area contributed by atoms with Gasteiger partial charge in [-0.2, -0.15) is 4.31 Å². The minimum Gasteiger partial charge on any atom is -0.380 e. The molecule has 1 aromatic rings. The maximum Gasteiger partial charge on any atom is 0.243 e. The van der Waals surface area contributed by atoms with Crippen LogP contribution in [0.4, 0.5) is 0 Å². The molecule has 0 aromatic heterocycles. The van der Waals surface area contributed by atoms with E-state index in [4.69, 9.17) is 16.3 Å². The number of piperidine rings is 1. The summed E-state index contributed by atoms with van der Waals surface area (Å²) in [5.74, 6) is 0. The Balaban J connectivity index is 2.28. The molecule has 0 aliphatic carbocycles. The van der Waals surface area contributed by atoms with E-state index in [0.29, 0.717) is 24.7 Å². The molecule has 0 bridgehead atoms. The number of hydrogen-bond donors (Lipinski definition) is 1. The quantitative estimate of drug-likeness (QED) is 0.894. The fourth-order valence-electron chi connectivity index (χ4n) is 2.50. The summed E-state index contributed by atoms with van der Waals surface area (Å²) in [5.41, 5.74) is 0.778. The van der Waals surface area contributed by atoms with Crippen LogP contribution in [0.2, 0.25) is 5.02 Å². The smallest absolute Gasteiger partial charge is 0.243 e. The van der Waals surface area contributed by atoms with Crippen molar-refractivity contribution in [2.75, 3.05) is 27.2 Å². The zero-order valence-corrected chi connectivity index (χ0v) is 13.9. The second-order valence-electron chi connectivity index (χ2n) is 5.15. The lowest BCUT2D eigenvalue weighted by atomic mass is 10.1. The molecular formula is C14H21ClN2O3S. The molecule has 0 radical (unpaired) electrons. The second kappa shape index (κ2) is 7.07. The molecule has 1 heterocycles. The van der Waals surface area contributed by atoms with Gasteiger partial charge < -0.3 is 10.1 Å². The summed E-state index contributed by atoms with van der Waals surface area (Å²) in [6.45, 7) is 1.47. The van der Waals surface area contributed by atoms with Gasteiger partial charge in [0.15, 0.2) is 0 Å². The SMILES string of the molecule is CNCc1cc(S(=O)(=O)N2CCCC(OC)C2)ccc1Cl. The first-order valence-electron chi connectivity index (χ1n) is 6.95. The molecule has 1 aliphatic heterocycles. The molecule has 1 fully saturated rings. The predicted molar refractivity (Wildman–Crippen MR) is 83.0 cm³/mol. The molecular weight excluding hydrogens is 312 g/mol. The first kappa shape index (κ1) is 16.7. The predicted octanol–water partition coefficient (Wildman–Crippen LogP) is 1.86. The molecule has 21 heavy (non-hydrogen) atoms. The lowest BCUT2D eigenvalue weighted by Crippen LogP contribution is -2.42. The van der Waals surface area contributed by atoms with Crippen molar-refractivity contribution >= 4 is 21.6 Å². The van der Waals surface area contributed by atoms with Crippen LogP contribution in [-0.4, -0.2) is 46.1 Å². The van der Waals surface area contributed by atoms with Gasteiger partial charge in [0, 0.05) is 31.8 Å². The van der Waals surface area contributed by atoms with Crippen LogP contribution in [0.15, 0.2) is 23.1 Å². The number of halogens is 1. The van der Waals surface area contributed by atoms with Crippen LogP contribution in [0.25, 0.3) is 0 Å². The van der Waals surface area contributed by atoms with Crippen LogP contribution >= 0.6 is 11.6 Å². The molecule has 1 atom stereocenters. The van der Waals surface area contributed by atoms with Gasteiger partial charge in [-0.3, -0.25) is 0 Å². The van der Waals surface area contributed by atoms with Crippen LogP contribution in [0.1, 0.15) is 18.4 Å². The number of rotatable bonds is 5. The topological polar surface area (TPSA) is 58.6 Å². The summed E-state index contributed by atoms with van der Waals surface area (Å²) in [4.78, 5) is 0.286. The van der Waals surface area contributed by atoms with E-state index in [-0.39, 0.29) is 11.0 Å². The molecule has 1 saturated heterocycles. The Morgan fingerprint density at radius 2 is 2.24 bits per heavy atom. The Labute approximate surface area is 131 Å². The summed E-state index contributed by atoms with van der Waals surface area (Å²) >= 11 is 6.09. The molecule has 2 rings (SSSR count). The standard InChI is InChI=1S/C14H21ClN2O3S/c1-16-9-11-8-13(5-6-14(11)15)21(18,19)17-7-3-4-12(10-17)20-2/h5-6,8,12,16H,3-4,7,9-10H2,1-2H3. The first-order valence-corrected chi connectivity index (χ1v) is 8.77. The molecule has 1 aliphatic rings. The maximum atomic E-state index is 12.7. The normalized spacial score (nSPS) is 20.6. The van der Waals surface area contributed by atoms with Crippen molar-refractivity contribution in [3.05, 3.63) is 28.8 Å². The number of benzene rings is 1. The summed E-state index contributed by atoms with van der Waals surface area (Å²) in [6.07, 6.45) is 1.68. The van der Waals surface area contributed by atoms with Gasteiger partial charge in [0.2, 0.25) is 10.0 Å². The minimum atomic E-state index is -3.50. The molecule has 1 N–H and O–H groups in total. The van der Waals surface area contributed by atoms with Gasteiger partial charge in [0.05, 0.1) is 11.0 Å². The van der Waals surface area contributed by atoms with Crippen molar-refractivity contribution in [2.45, 2.75) is 30.4 Å². The highest BCUT2D eigenvalue weighted by atomic mass is 35.5. The van der Waals surface area contributed by atoms with Gasteiger partial charge in [-0.15, -0.1) is 0 Å². The molecule has 0 spiro atoms. The van der Waals surface area contributed by atoms with E-state index in [9.17, 15) is 8.42 Å². The highest BCUT2D eigenvalue weighted by Gasteiger charge is 2.30. The van der Waals surface area contributed by atoms with Crippen LogP contribution < -0.4 is 5.32 Å². The van der Waals surface area contributed by atoms with E-state index in [1.54, 1.807) is 32.4 Å². The second-order valence-corrected chi connectivity index (χ2v) is 7.49. The summed E-state index contributed by atoms with van der Waals surface area (Å²) in [6, 6.07) is 4.84. The average molecular weight is 333 g/mol.